The number of hydrogen-bond acceptors (Lipinski definition) is 6. The third kappa shape index (κ3) is 3.39. The van der Waals surface area contributed by atoms with Crippen LogP contribution in [0.25, 0.3) is 0 Å². The second-order valence-electron chi connectivity index (χ2n) is 3.35. The Morgan fingerprint density at radius 2 is 2.18 bits per heavy atom. The fourth-order valence-electron chi connectivity index (χ4n) is 1.30. The highest BCUT2D eigenvalue weighted by Crippen LogP contribution is 2.16. The Kier molecular flexibility index (Phi) is 4.84. The van der Waals surface area contributed by atoms with Crippen LogP contribution in [0.15, 0.2) is 6.20 Å². The van der Waals surface area contributed by atoms with Crippen molar-refractivity contribution in [1.82, 2.24) is 9.97 Å². The van der Waals surface area contributed by atoms with Crippen molar-refractivity contribution in [2.45, 2.75) is 26.9 Å². The predicted molar refractivity (Wildman–Crippen MR) is 62.4 cm³/mol. The summed E-state index contributed by atoms with van der Waals surface area (Å²) in [6.07, 6.45) is 1.11. The average molecular weight is 239 g/mol. The van der Waals surface area contributed by atoms with Gasteiger partial charge in [0.25, 0.3) is 0 Å². The molecule has 17 heavy (non-hydrogen) atoms. The van der Waals surface area contributed by atoms with Crippen LogP contribution in [0.2, 0.25) is 0 Å². The van der Waals surface area contributed by atoms with Gasteiger partial charge in [0.05, 0.1) is 6.61 Å². The molecule has 1 atom stereocenters. The van der Waals surface area contributed by atoms with Crippen molar-refractivity contribution in [2.24, 2.45) is 0 Å². The lowest BCUT2D eigenvalue weighted by atomic mass is 10.3. The van der Waals surface area contributed by atoms with Crippen molar-refractivity contribution < 1.29 is 14.3 Å². The number of rotatable bonds is 5. The third-order valence-electron chi connectivity index (χ3n) is 2.11. The minimum atomic E-state index is -0.513. The molecule has 2 N–H and O–H groups in total. The van der Waals surface area contributed by atoms with Crippen LogP contribution in [0, 0.1) is 0 Å². The molecule has 6 heteroatoms. The van der Waals surface area contributed by atoms with Crippen LogP contribution in [0.5, 0.6) is 0 Å². The zero-order valence-corrected chi connectivity index (χ0v) is 10.3. The highest BCUT2D eigenvalue weighted by atomic mass is 16.5. The van der Waals surface area contributed by atoms with E-state index in [2.05, 4.69) is 9.97 Å². The number of hydrogen-bond donors (Lipinski definition) is 1. The smallest absolute Gasteiger partial charge is 0.343 e. The summed E-state index contributed by atoms with van der Waals surface area (Å²) < 4.78 is 10.2. The molecule has 6 nitrogen and oxygen atoms in total. The molecule has 0 aliphatic rings. The molecule has 1 aromatic rings. The lowest BCUT2D eigenvalue weighted by Crippen LogP contribution is -2.13. The summed E-state index contributed by atoms with van der Waals surface area (Å²) in [4.78, 5) is 19.5. The van der Waals surface area contributed by atoms with Crippen LogP contribution in [0.4, 0.5) is 5.82 Å². The van der Waals surface area contributed by atoms with Gasteiger partial charge in [0.2, 0.25) is 0 Å². The van der Waals surface area contributed by atoms with Gasteiger partial charge >= 0.3 is 5.97 Å². The van der Waals surface area contributed by atoms with E-state index in [1.807, 2.05) is 13.8 Å². The van der Waals surface area contributed by atoms with E-state index in [1.54, 1.807) is 6.92 Å². The molecule has 0 saturated heterocycles. The summed E-state index contributed by atoms with van der Waals surface area (Å²) >= 11 is 0. The SMILES string of the molecule is CCOC(=O)c1cnc(C(C)OCC)nc1N. The van der Waals surface area contributed by atoms with Crippen molar-refractivity contribution in [3.8, 4) is 0 Å². The molecule has 1 rings (SSSR count). The summed E-state index contributed by atoms with van der Waals surface area (Å²) in [6, 6.07) is 0. The van der Waals surface area contributed by atoms with Gasteiger partial charge < -0.3 is 15.2 Å². The first-order valence-electron chi connectivity index (χ1n) is 5.51. The molecule has 1 unspecified atom stereocenters. The lowest BCUT2D eigenvalue weighted by Gasteiger charge is -2.11. The van der Waals surface area contributed by atoms with Gasteiger partial charge in [-0.1, -0.05) is 0 Å². The van der Waals surface area contributed by atoms with Crippen LogP contribution < -0.4 is 5.73 Å². The second-order valence-corrected chi connectivity index (χ2v) is 3.35. The van der Waals surface area contributed by atoms with E-state index in [4.69, 9.17) is 15.2 Å². The van der Waals surface area contributed by atoms with E-state index in [-0.39, 0.29) is 24.1 Å². The standard InChI is InChI=1S/C11H17N3O3/c1-4-16-7(3)10-13-6-8(9(12)14-10)11(15)17-5-2/h6-7H,4-5H2,1-3H3,(H2,12,13,14). The first-order valence-corrected chi connectivity index (χ1v) is 5.51. The molecule has 0 spiro atoms. The highest BCUT2D eigenvalue weighted by molar-refractivity contribution is 5.93. The fraction of sp³-hybridized carbons (Fsp3) is 0.545. The Morgan fingerprint density at radius 1 is 1.47 bits per heavy atom. The van der Waals surface area contributed by atoms with Crippen LogP contribution in [-0.2, 0) is 9.47 Å². The zero-order valence-electron chi connectivity index (χ0n) is 10.3. The van der Waals surface area contributed by atoms with Gasteiger partial charge in [-0.15, -0.1) is 0 Å². The van der Waals surface area contributed by atoms with Gasteiger partial charge in [0.1, 0.15) is 17.5 Å². The van der Waals surface area contributed by atoms with Gasteiger partial charge in [-0.05, 0) is 20.8 Å². The van der Waals surface area contributed by atoms with Crippen LogP contribution in [-0.4, -0.2) is 29.2 Å². The molecule has 0 radical (unpaired) electrons. The zero-order chi connectivity index (χ0) is 12.8. The summed E-state index contributed by atoms with van der Waals surface area (Å²) in [5, 5.41) is 0. The molecule has 0 fully saturated rings. The normalized spacial score (nSPS) is 12.2. The van der Waals surface area contributed by atoms with E-state index >= 15 is 0 Å². The minimum absolute atomic E-state index is 0.111. The lowest BCUT2D eigenvalue weighted by molar-refractivity contribution is 0.0524. The van der Waals surface area contributed by atoms with Gasteiger partial charge in [-0.25, -0.2) is 14.8 Å². The summed E-state index contributed by atoms with van der Waals surface area (Å²) in [6.45, 7) is 6.27. The number of ether oxygens (including phenoxy) is 2. The number of nitrogen functional groups attached to an aromatic ring is 1. The second kappa shape index (κ2) is 6.15. The van der Waals surface area contributed by atoms with Crippen molar-refractivity contribution in [3.63, 3.8) is 0 Å². The Hall–Kier alpha value is -1.69. The monoisotopic (exact) mass is 239 g/mol. The Bertz CT molecular complexity index is 396. The molecule has 0 bridgehead atoms. The molecule has 0 aliphatic carbocycles. The molecule has 0 amide bonds. The minimum Gasteiger partial charge on any atom is -0.462 e. The number of aromatic nitrogens is 2. The predicted octanol–water partition coefficient (Wildman–Crippen LogP) is 1.33. The van der Waals surface area contributed by atoms with E-state index in [9.17, 15) is 4.79 Å². The largest absolute Gasteiger partial charge is 0.462 e. The number of carbonyl (C=O) groups excluding carboxylic acids is 1. The van der Waals surface area contributed by atoms with Crippen molar-refractivity contribution >= 4 is 11.8 Å². The molecule has 0 aromatic carbocycles. The maximum absolute atomic E-state index is 11.5. The molecule has 0 saturated carbocycles. The summed E-state index contributed by atoms with van der Waals surface area (Å²) in [5.41, 5.74) is 5.86. The van der Waals surface area contributed by atoms with E-state index in [1.165, 1.54) is 6.20 Å². The first-order chi connectivity index (χ1) is 8.10. The molecule has 0 aliphatic heterocycles. The van der Waals surface area contributed by atoms with Crippen LogP contribution >= 0.6 is 0 Å². The van der Waals surface area contributed by atoms with E-state index < -0.39 is 5.97 Å². The number of anilines is 1. The van der Waals surface area contributed by atoms with Gasteiger partial charge in [-0.2, -0.15) is 0 Å². The third-order valence-corrected chi connectivity index (χ3v) is 2.11. The quantitative estimate of drug-likeness (QED) is 0.780. The molecule has 1 aromatic heterocycles. The number of nitrogens with zero attached hydrogens (tertiary/aromatic N) is 2. The Balaban J connectivity index is 2.89. The first kappa shape index (κ1) is 13.4. The van der Waals surface area contributed by atoms with Gasteiger partial charge in [0, 0.05) is 12.8 Å². The van der Waals surface area contributed by atoms with E-state index in [0.717, 1.165) is 0 Å². The van der Waals surface area contributed by atoms with Crippen LogP contribution in [0.1, 0.15) is 43.1 Å². The van der Waals surface area contributed by atoms with Crippen molar-refractivity contribution in [1.29, 1.82) is 0 Å². The Morgan fingerprint density at radius 3 is 2.71 bits per heavy atom. The fourth-order valence-corrected chi connectivity index (χ4v) is 1.30. The average Bonchev–Trinajstić information content (AvgIpc) is 2.29. The molecule has 1 heterocycles. The molecule has 94 valence electrons. The summed E-state index contributed by atoms with van der Waals surface area (Å²) in [5.74, 6) is 0.0537. The van der Waals surface area contributed by atoms with Crippen LogP contribution in [0.3, 0.4) is 0 Å². The van der Waals surface area contributed by atoms with Crippen molar-refractivity contribution in [2.75, 3.05) is 18.9 Å². The number of nitrogens with two attached hydrogens (primary N) is 1. The highest BCUT2D eigenvalue weighted by Gasteiger charge is 2.16. The topological polar surface area (TPSA) is 87.3 Å². The number of esters is 1. The molecular weight excluding hydrogens is 222 g/mol. The van der Waals surface area contributed by atoms with Crippen molar-refractivity contribution in [3.05, 3.63) is 17.6 Å². The maximum Gasteiger partial charge on any atom is 0.343 e. The summed E-state index contributed by atoms with van der Waals surface area (Å²) in [7, 11) is 0. The van der Waals surface area contributed by atoms with Gasteiger partial charge in [-0.3, -0.25) is 0 Å². The van der Waals surface area contributed by atoms with Gasteiger partial charge in [0.15, 0.2) is 5.82 Å². The Labute approximate surface area is 100 Å². The maximum atomic E-state index is 11.5. The molecular formula is C11H17N3O3. The van der Waals surface area contributed by atoms with E-state index in [0.29, 0.717) is 12.4 Å². The number of carbonyl (C=O) groups is 1.